The second-order valence-corrected chi connectivity index (χ2v) is 8.76. The van der Waals surface area contributed by atoms with Gasteiger partial charge in [-0.3, -0.25) is 14.7 Å². The average Bonchev–Trinajstić information content (AvgIpc) is 3.11. The number of rotatable bonds is 7. The summed E-state index contributed by atoms with van der Waals surface area (Å²) in [4.78, 5) is 38.4. The third-order valence-corrected chi connectivity index (χ3v) is 4.94. The van der Waals surface area contributed by atoms with E-state index in [2.05, 4.69) is 15.5 Å². The number of alkyl carbamates (subject to hydrolysis) is 1. The molecule has 9 heteroatoms. The number of ether oxygens (including phenoxy) is 1. The predicted molar refractivity (Wildman–Crippen MR) is 124 cm³/mol. The molecule has 0 aliphatic rings. The second-order valence-electron chi connectivity index (χ2n) is 8.76. The zero-order valence-corrected chi connectivity index (χ0v) is 19.3. The second kappa shape index (κ2) is 9.42. The summed E-state index contributed by atoms with van der Waals surface area (Å²) in [5.41, 5.74) is 1.03. The van der Waals surface area contributed by atoms with Gasteiger partial charge in [0.05, 0.1) is 10.9 Å². The van der Waals surface area contributed by atoms with E-state index in [0.29, 0.717) is 48.0 Å². The van der Waals surface area contributed by atoms with Crippen LogP contribution >= 0.6 is 0 Å². The van der Waals surface area contributed by atoms with Gasteiger partial charge >= 0.3 is 6.09 Å². The summed E-state index contributed by atoms with van der Waals surface area (Å²) in [5, 5.41) is 12.6. The molecular weight excluding hydrogens is 410 g/mol. The molecule has 0 aliphatic carbocycles. The highest BCUT2D eigenvalue weighted by atomic mass is 16.6. The number of nitrogens with one attached hydrogen (secondary N) is 2. The number of aryl methyl sites for hydroxylation is 1. The Bertz CT molecular complexity index is 1190. The van der Waals surface area contributed by atoms with E-state index in [1.165, 1.54) is 9.69 Å². The molecule has 2 amide bonds. The standard InChI is InChI=1S/C23H31N5O4/c1-6-14-27(18(29)12-9-13-24-22(31)32-23(3,4)5)28-17-11-8-7-10-16(17)20-19(21(28)30)15(2)25-26-20/h7-8,10-11H,6,9,12-14H2,1-5H3,(H,24,31)(H,25,26). The van der Waals surface area contributed by atoms with E-state index < -0.39 is 11.7 Å². The lowest BCUT2D eigenvalue weighted by atomic mass is 10.1. The zero-order chi connectivity index (χ0) is 23.5. The Balaban J connectivity index is 1.86. The Hall–Kier alpha value is -3.36. The van der Waals surface area contributed by atoms with Crippen LogP contribution in [0.1, 0.15) is 52.7 Å². The Morgan fingerprint density at radius 2 is 1.97 bits per heavy atom. The highest BCUT2D eigenvalue weighted by Crippen LogP contribution is 2.23. The predicted octanol–water partition coefficient (Wildman–Crippen LogP) is 3.37. The molecule has 0 atom stereocenters. The van der Waals surface area contributed by atoms with Crippen molar-refractivity contribution in [3.8, 4) is 0 Å². The van der Waals surface area contributed by atoms with E-state index in [1.54, 1.807) is 27.7 Å². The number of amides is 2. The van der Waals surface area contributed by atoms with Crippen LogP contribution in [-0.2, 0) is 9.53 Å². The molecule has 0 radical (unpaired) electrons. The van der Waals surface area contributed by atoms with Crippen LogP contribution in [0.15, 0.2) is 29.1 Å². The van der Waals surface area contributed by atoms with Gasteiger partial charge in [-0.2, -0.15) is 5.10 Å². The molecule has 0 bridgehead atoms. The molecule has 3 aromatic rings. The Morgan fingerprint density at radius 1 is 1.25 bits per heavy atom. The van der Waals surface area contributed by atoms with Gasteiger partial charge in [-0.1, -0.05) is 25.1 Å². The average molecular weight is 442 g/mol. The van der Waals surface area contributed by atoms with Crippen LogP contribution < -0.4 is 15.9 Å². The lowest BCUT2D eigenvalue weighted by Gasteiger charge is -2.26. The molecule has 0 saturated heterocycles. The van der Waals surface area contributed by atoms with Gasteiger partial charge in [-0.25, -0.2) is 14.5 Å². The maximum absolute atomic E-state index is 13.4. The number of carbonyl (C=O) groups is 2. The number of pyridine rings is 1. The molecule has 9 nitrogen and oxygen atoms in total. The minimum atomic E-state index is -0.579. The summed E-state index contributed by atoms with van der Waals surface area (Å²) in [6, 6.07) is 7.44. The van der Waals surface area contributed by atoms with E-state index in [1.807, 2.05) is 31.2 Å². The fraction of sp³-hybridized carbons (Fsp3) is 0.478. The molecule has 2 heterocycles. The van der Waals surface area contributed by atoms with E-state index in [9.17, 15) is 14.4 Å². The number of nitrogens with zero attached hydrogens (tertiary/aromatic N) is 3. The van der Waals surface area contributed by atoms with Gasteiger partial charge < -0.3 is 10.1 Å². The number of hydrogen-bond donors (Lipinski definition) is 2. The third-order valence-electron chi connectivity index (χ3n) is 4.94. The van der Waals surface area contributed by atoms with Crippen molar-refractivity contribution in [3.05, 3.63) is 40.3 Å². The minimum absolute atomic E-state index is 0.180. The van der Waals surface area contributed by atoms with Crippen LogP contribution in [0.25, 0.3) is 21.8 Å². The molecule has 1 aromatic carbocycles. The van der Waals surface area contributed by atoms with Crippen molar-refractivity contribution in [2.45, 2.75) is 59.5 Å². The van der Waals surface area contributed by atoms with Crippen molar-refractivity contribution in [2.24, 2.45) is 0 Å². The molecule has 0 fully saturated rings. The highest BCUT2D eigenvalue weighted by molar-refractivity contribution is 6.04. The van der Waals surface area contributed by atoms with Crippen LogP contribution in [-0.4, -0.2) is 45.6 Å². The van der Waals surface area contributed by atoms with Crippen molar-refractivity contribution in [2.75, 3.05) is 18.1 Å². The summed E-state index contributed by atoms with van der Waals surface area (Å²) in [6.45, 7) is 9.82. The van der Waals surface area contributed by atoms with E-state index in [4.69, 9.17) is 4.74 Å². The number of fused-ring (bicyclic) bond motifs is 3. The molecule has 0 saturated carbocycles. The van der Waals surface area contributed by atoms with Crippen molar-refractivity contribution < 1.29 is 14.3 Å². The number of aromatic amines is 1. The van der Waals surface area contributed by atoms with Gasteiger partial charge in [-0.15, -0.1) is 0 Å². The van der Waals surface area contributed by atoms with Gasteiger partial charge in [0.1, 0.15) is 11.1 Å². The van der Waals surface area contributed by atoms with Gasteiger partial charge in [-0.05, 0) is 46.6 Å². The molecule has 0 aliphatic heterocycles. The van der Waals surface area contributed by atoms with Crippen LogP contribution in [0.4, 0.5) is 4.79 Å². The van der Waals surface area contributed by atoms with Gasteiger partial charge in [0.15, 0.2) is 0 Å². The lowest BCUT2D eigenvalue weighted by molar-refractivity contribution is -0.120. The quantitative estimate of drug-likeness (QED) is 0.547. The zero-order valence-electron chi connectivity index (χ0n) is 19.3. The molecular formula is C23H31N5O4. The first-order valence-electron chi connectivity index (χ1n) is 10.9. The largest absolute Gasteiger partial charge is 0.444 e. The molecule has 32 heavy (non-hydrogen) atoms. The molecule has 172 valence electrons. The summed E-state index contributed by atoms with van der Waals surface area (Å²) in [5.74, 6) is -0.189. The van der Waals surface area contributed by atoms with Crippen molar-refractivity contribution in [1.29, 1.82) is 0 Å². The SMILES string of the molecule is CCCN(C(=O)CCCNC(=O)OC(C)(C)C)n1c(=O)c2c(C)[nH]nc2c2ccccc21. The molecule has 3 rings (SSSR count). The summed E-state index contributed by atoms with van der Waals surface area (Å²) in [7, 11) is 0. The van der Waals surface area contributed by atoms with Gasteiger partial charge in [0, 0.05) is 30.6 Å². The molecule has 2 N–H and O–H groups in total. The van der Waals surface area contributed by atoms with Gasteiger partial charge in [0.25, 0.3) is 5.56 Å². The third kappa shape index (κ3) is 4.92. The van der Waals surface area contributed by atoms with Crippen LogP contribution in [0.3, 0.4) is 0 Å². The van der Waals surface area contributed by atoms with E-state index in [0.717, 1.165) is 5.39 Å². The summed E-state index contributed by atoms with van der Waals surface area (Å²) < 4.78 is 6.67. The number of benzene rings is 1. The number of H-pyrrole nitrogens is 1. The minimum Gasteiger partial charge on any atom is -0.444 e. The first kappa shape index (κ1) is 23.3. The van der Waals surface area contributed by atoms with Crippen molar-refractivity contribution in [3.63, 3.8) is 0 Å². The van der Waals surface area contributed by atoms with Crippen molar-refractivity contribution in [1.82, 2.24) is 20.2 Å². The molecule has 2 aromatic heterocycles. The maximum atomic E-state index is 13.4. The first-order chi connectivity index (χ1) is 15.1. The van der Waals surface area contributed by atoms with Crippen LogP contribution in [0.5, 0.6) is 0 Å². The lowest BCUT2D eigenvalue weighted by Crippen LogP contribution is -2.47. The van der Waals surface area contributed by atoms with Crippen molar-refractivity contribution >= 4 is 33.8 Å². The monoisotopic (exact) mass is 441 g/mol. The number of para-hydroxylation sites is 1. The van der Waals surface area contributed by atoms with Crippen LogP contribution in [0.2, 0.25) is 0 Å². The maximum Gasteiger partial charge on any atom is 0.407 e. The Morgan fingerprint density at radius 3 is 2.66 bits per heavy atom. The topological polar surface area (TPSA) is 109 Å². The van der Waals surface area contributed by atoms with E-state index in [-0.39, 0.29) is 17.9 Å². The number of carbonyl (C=O) groups excluding carboxylic acids is 2. The normalized spacial score (nSPS) is 11.7. The van der Waals surface area contributed by atoms with Crippen LogP contribution in [0, 0.1) is 6.92 Å². The number of aromatic nitrogens is 3. The van der Waals surface area contributed by atoms with Gasteiger partial charge in [0.2, 0.25) is 5.91 Å². The summed E-state index contributed by atoms with van der Waals surface area (Å²) >= 11 is 0. The molecule has 0 spiro atoms. The summed E-state index contributed by atoms with van der Waals surface area (Å²) in [6.07, 6.45) is 0.778. The number of hydrogen-bond acceptors (Lipinski definition) is 5. The Labute approximate surface area is 186 Å². The first-order valence-corrected chi connectivity index (χ1v) is 10.9. The highest BCUT2D eigenvalue weighted by Gasteiger charge is 2.22. The Kier molecular flexibility index (Phi) is 6.86. The molecule has 0 unspecified atom stereocenters. The fourth-order valence-electron chi connectivity index (χ4n) is 3.62. The fourth-order valence-corrected chi connectivity index (χ4v) is 3.62. The van der Waals surface area contributed by atoms with E-state index >= 15 is 0 Å². The smallest absolute Gasteiger partial charge is 0.407 e.